The van der Waals surface area contributed by atoms with Gasteiger partial charge in [-0.05, 0) is 42.0 Å². The summed E-state index contributed by atoms with van der Waals surface area (Å²) in [5.41, 5.74) is 5.18. The number of hydrogen-bond donors (Lipinski definition) is 1. The predicted molar refractivity (Wildman–Crippen MR) is 86.2 cm³/mol. The fourth-order valence-electron chi connectivity index (χ4n) is 2.20. The van der Waals surface area contributed by atoms with Crippen LogP contribution < -0.4 is 5.32 Å². The van der Waals surface area contributed by atoms with Gasteiger partial charge < -0.3 is 5.32 Å². The van der Waals surface area contributed by atoms with Crippen molar-refractivity contribution in [1.82, 2.24) is 4.98 Å². The molecule has 0 radical (unpaired) electrons. The summed E-state index contributed by atoms with van der Waals surface area (Å²) < 4.78 is 0. The average Bonchev–Trinajstić information content (AvgIpc) is 2.40. The van der Waals surface area contributed by atoms with Gasteiger partial charge in [0.25, 0.3) is 0 Å². The van der Waals surface area contributed by atoms with Crippen LogP contribution in [-0.4, -0.2) is 4.98 Å². The number of aromatic nitrogens is 1. The third kappa shape index (κ3) is 3.38. The Labute approximate surface area is 122 Å². The first kappa shape index (κ1) is 14.6. The van der Waals surface area contributed by atoms with Crippen molar-refractivity contribution in [3.05, 3.63) is 59.4 Å². The fraction of sp³-hybridized carbons (Fsp3) is 0.389. The molecule has 0 aliphatic heterocycles. The highest BCUT2D eigenvalue weighted by Crippen LogP contribution is 2.25. The van der Waals surface area contributed by atoms with Crippen molar-refractivity contribution in [2.45, 2.75) is 46.1 Å². The van der Waals surface area contributed by atoms with Crippen molar-refractivity contribution in [2.75, 3.05) is 5.32 Å². The maximum Gasteiger partial charge on any atom is 0.0561 e. The molecular formula is C18H24N2. The summed E-state index contributed by atoms with van der Waals surface area (Å²) in [6, 6.07) is 11.2. The van der Waals surface area contributed by atoms with E-state index < -0.39 is 0 Å². The summed E-state index contributed by atoms with van der Waals surface area (Å²) in [4.78, 5) is 4.18. The van der Waals surface area contributed by atoms with E-state index in [1.54, 1.807) is 0 Å². The van der Waals surface area contributed by atoms with Crippen molar-refractivity contribution in [3.8, 4) is 0 Å². The summed E-state index contributed by atoms with van der Waals surface area (Å²) in [5, 5.41) is 3.52. The summed E-state index contributed by atoms with van der Waals surface area (Å²) in [6.07, 6.45) is 3.71. The summed E-state index contributed by atoms with van der Waals surface area (Å²) in [7, 11) is 0. The van der Waals surface area contributed by atoms with Gasteiger partial charge in [-0.25, -0.2) is 0 Å². The van der Waals surface area contributed by atoms with Crippen molar-refractivity contribution < 1.29 is 0 Å². The third-order valence-corrected chi connectivity index (χ3v) is 3.69. The fourth-order valence-corrected chi connectivity index (χ4v) is 2.20. The molecule has 1 heterocycles. The molecule has 0 fully saturated rings. The van der Waals surface area contributed by atoms with Gasteiger partial charge in [0.1, 0.15) is 0 Å². The Bertz CT molecular complexity index is 565. The van der Waals surface area contributed by atoms with Crippen LogP contribution >= 0.6 is 0 Å². The van der Waals surface area contributed by atoms with E-state index in [4.69, 9.17) is 0 Å². The van der Waals surface area contributed by atoms with E-state index in [0.29, 0.717) is 0 Å². The Balaban J connectivity index is 2.14. The van der Waals surface area contributed by atoms with Gasteiger partial charge in [0.15, 0.2) is 0 Å². The number of benzene rings is 1. The highest BCUT2D eigenvalue weighted by atomic mass is 14.9. The zero-order chi connectivity index (χ0) is 14.8. The minimum atomic E-state index is 0.204. The van der Waals surface area contributed by atoms with Crippen LogP contribution in [0.1, 0.15) is 50.4 Å². The van der Waals surface area contributed by atoms with Crippen LogP contribution in [0.15, 0.2) is 42.7 Å². The SMILES string of the molecule is Cc1ccncc1NC(C)c1ccc(C(C)(C)C)cc1. The Hall–Kier alpha value is -1.83. The lowest BCUT2D eigenvalue weighted by atomic mass is 9.86. The van der Waals surface area contributed by atoms with Crippen LogP contribution in [0.25, 0.3) is 0 Å². The van der Waals surface area contributed by atoms with Gasteiger partial charge in [0.05, 0.1) is 11.9 Å². The number of nitrogens with one attached hydrogen (secondary N) is 1. The lowest BCUT2D eigenvalue weighted by Crippen LogP contribution is -2.12. The van der Waals surface area contributed by atoms with Crippen LogP contribution in [-0.2, 0) is 5.41 Å². The largest absolute Gasteiger partial charge is 0.377 e. The van der Waals surface area contributed by atoms with Gasteiger partial charge in [-0.1, -0.05) is 45.0 Å². The van der Waals surface area contributed by atoms with Crippen LogP contribution in [0.3, 0.4) is 0 Å². The lowest BCUT2D eigenvalue weighted by molar-refractivity contribution is 0.589. The smallest absolute Gasteiger partial charge is 0.0561 e. The summed E-state index contributed by atoms with van der Waals surface area (Å²) >= 11 is 0. The molecule has 0 saturated carbocycles. The number of hydrogen-bond acceptors (Lipinski definition) is 2. The zero-order valence-electron chi connectivity index (χ0n) is 13.1. The number of pyridine rings is 1. The van der Waals surface area contributed by atoms with E-state index in [0.717, 1.165) is 5.69 Å². The van der Waals surface area contributed by atoms with Crippen LogP contribution in [0.2, 0.25) is 0 Å². The first-order valence-corrected chi connectivity index (χ1v) is 7.15. The topological polar surface area (TPSA) is 24.9 Å². The molecule has 1 N–H and O–H groups in total. The molecule has 0 spiro atoms. The van der Waals surface area contributed by atoms with Gasteiger partial charge in [0.2, 0.25) is 0 Å². The molecule has 1 atom stereocenters. The van der Waals surface area contributed by atoms with Crippen LogP contribution in [0.5, 0.6) is 0 Å². The molecule has 106 valence electrons. The van der Waals surface area contributed by atoms with Crippen molar-refractivity contribution in [3.63, 3.8) is 0 Å². The van der Waals surface area contributed by atoms with Gasteiger partial charge in [-0.15, -0.1) is 0 Å². The van der Waals surface area contributed by atoms with E-state index in [-0.39, 0.29) is 11.5 Å². The quantitative estimate of drug-likeness (QED) is 0.859. The predicted octanol–water partition coefficient (Wildman–Crippen LogP) is 4.86. The molecule has 1 aromatic heterocycles. The average molecular weight is 268 g/mol. The summed E-state index contributed by atoms with van der Waals surface area (Å²) in [6.45, 7) is 11.0. The molecule has 0 saturated heterocycles. The molecule has 2 heteroatoms. The molecule has 2 aromatic rings. The highest BCUT2D eigenvalue weighted by Gasteiger charge is 2.14. The highest BCUT2D eigenvalue weighted by molar-refractivity contribution is 5.49. The molecule has 20 heavy (non-hydrogen) atoms. The van der Waals surface area contributed by atoms with Crippen molar-refractivity contribution in [2.24, 2.45) is 0 Å². The van der Waals surface area contributed by atoms with Crippen LogP contribution in [0, 0.1) is 6.92 Å². The number of aryl methyl sites for hydroxylation is 1. The van der Waals surface area contributed by atoms with E-state index in [1.807, 2.05) is 18.5 Å². The second-order valence-corrected chi connectivity index (χ2v) is 6.43. The lowest BCUT2D eigenvalue weighted by Gasteiger charge is -2.21. The van der Waals surface area contributed by atoms with Gasteiger partial charge in [-0.2, -0.15) is 0 Å². The normalized spacial score (nSPS) is 13.1. The van der Waals surface area contributed by atoms with E-state index in [1.165, 1.54) is 16.7 Å². The molecule has 0 aliphatic rings. The molecule has 0 aliphatic carbocycles. The Morgan fingerprint density at radius 2 is 1.70 bits per heavy atom. The standard InChI is InChI=1S/C18H24N2/c1-13-10-11-19-12-17(13)20-14(2)15-6-8-16(9-7-15)18(3,4)5/h6-12,14,20H,1-5H3. The first-order chi connectivity index (χ1) is 9.38. The van der Waals surface area contributed by atoms with Crippen molar-refractivity contribution >= 4 is 5.69 Å². The van der Waals surface area contributed by atoms with E-state index >= 15 is 0 Å². The Morgan fingerprint density at radius 3 is 2.25 bits per heavy atom. The third-order valence-electron chi connectivity index (χ3n) is 3.69. The number of nitrogens with zero attached hydrogens (tertiary/aromatic N) is 1. The molecular weight excluding hydrogens is 244 g/mol. The molecule has 2 nitrogen and oxygen atoms in total. The Morgan fingerprint density at radius 1 is 1.05 bits per heavy atom. The maximum absolute atomic E-state index is 4.18. The molecule has 1 aromatic carbocycles. The zero-order valence-corrected chi connectivity index (χ0v) is 13.1. The second kappa shape index (κ2) is 5.66. The van der Waals surface area contributed by atoms with Gasteiger partial charge in [0, 0.05) is 12.2 Å². The summed E-state index contributed by atoms with van der Waals surface area (Å²) in [5.74, 6) is 0. The first-order valence-electron chi connectivity index (χ1n) is 7.15. The molecule has 0 bridgehead atoms. The van der Waals surface area contributed by atoms with E-state index in [2.05, 4.69) is 69.2 Å². The Kier molecular flexibility index (Phi) is 4.12. The van der Waals surface area contributed by atoms with Crippen molar-refractivity contribution in [1.29, 1.82) is 0 Å². The molecule has 2 rings (SSSR count). The molecule has 0 amide bonds. The number of rotatable bonds is 3. The minimum Gasteiger partial charge on any atom is -0.377 e. The second-order valence-electron chi connectivity index (χ2n) is 6.43. The maximum atomic E-state index is 4.18. The van der Waals surface area contributed by atoms with E-state index in [9.17, 15) is 0 Å². The van der Waals surface area contributed by atoms with Gasteiger partial charge in [-0.3, -0.25) is 4.98 Å². The monoisotopic (exact) mass is 268 g/mol. The minimum absolute atomic E-state index is 0.204. The molecule has 1 unspecified atom stereocenters. The van der Waals surface area contributed by atoms with Crippen LogP contribution in [0.4, 0.5) is 5.69 Å². The number of anilines is 1. The van der Waals surface area contributed by atoms with Gasteiger partial charge >= 0.3 is 0 Å².